The van der Waals surface area contributed by atoms with Crippen LogP contribution in [0.5, 0.6) is 0 Å². The highest BCUT2D eigenvalue weighted by atomic mass is 16.8. The molecule has 2 saturated carbocycles. The number of nitrogens with one attached hydrogen (secondary N) is 3. The van der Waals surface area contributed by atoms with Gasteiger partial charge in [-0.25, -0.2) is 10.3 Å². The Morgan fingerprint density at radius 3 is 2.38 bits per heavy atom. The molecule has 0 spiro atoms. The van der Waals surface area contributed by atoms with Crippen molar-refractivity contribution in [2.45, 2.75) is 97.4 Å². The molecular weight excluding hydrogens is 506 g/mol. The first-order chi connectivity index (χ1) is 19.3. The quantitative estimate of drug-likeness (QED) is 0.124. The number of benzene rings is 1. The second-order valence-corrected chi connectivity index (χ2v) is 12.1. The molecule has 0 bridgehead atoms. The van der Waals surface area contributed by atoms with E-state index in [0.717, 1.165) is 63.7 Å². The molecular formula is C32H51N3O5. The largest absolute Gasteiger partial charge is 0.480 e. The lowest BCUT2D eigenvalue weighted by Gasteiger charge is -2.32. The van der Waals surface area contributed by atoms with E-state index < -0.39 is 12.3 Å². The molecule has 1 aromatic rings. The third-order valence-electron chi connectivity index (χ3n) is 8.11. The van der Waals surface area contributed by atoms with Gasteiger partial charge in [0.05, 0.1) is 6.61 Å². The zero-order valence-electron chi connectivity index (χ0n) is 24.7. The minimum absolute atomic E-state index is 0.287. The second kappa shape index (κ2) is 17.5. The van der Waals surface area contributed by atoms with Gasteiger partial charge in [-0.1, -0.05) is 57.4 Å². The number of hydroxylamine groups is 1. The maximum atomic E-state index is 12.1. The van der Waals surface area contributed by atoms with Crippen LogP contribution in [0.3, 0.4) is 0 Å². The monoisotopic (exact) mass is 557 g/mol. The number of hydrogen-bond acceptors (Lipinski definition) is 6. The number of hydrogen-bond donors (Lipinski definition) is 4. The molecule has 0 radical (unpaired) electrons. The fraction of sp³-hybridized carbons (Fsp3) is 0.688. The Labute approximate surface area is 240 Å². The molecule has 3 rings (SSSR count). The van der Waals surface area contributed by atoms with E-state index in [9.17, 15) is 14.7 Å². The van der Waals surface area contributed by atoms with Crippen molar-refractivity contribution in [2.75, 3.05) is 19.7 Å². The van der Waals surface area contributed by atoms with E-state index in [1.807, 2.05) is 12.1 Å². The molecule has 2 aliphatic carbocycles. The number of carbonyl (C=O) groups is 2. The average molecular weight is 558 g/mol. The Balaban J connectivity index is 1.31. The van der Waals surface area contributed by atoms with Gasteiger partial charge < -0.3 is 20.5 Å². The summed E-state index contributed by atoms with van der Waals surface area (Å²) in [5.74, 6) is 0.903. The zero-order chi connectivity index (χ0) is 28.7. The fourth-order valence-corrected chi connectivity index (χ4v) is 5.79. The molecule has 1 amide bonds. The van der Waals surface area contributed by atoms with Gasteiger partial charge in [-0.15, -0.1) is 0 Å². The van der Waals surface area contributed by atoms with Crippen LogP contribution in [0, 0.1) is 23.7 Å². The summed E-state index contributed by atoms with van der Waals surface area (Å²) in [6.45, 7) is 9.02. The molecule has 1 aromatic carbocycles. The number of aliphatic carboxylic acids is 1. The van der Waals surface area contributed by atoms with Gasteiger partial charge in [0.15, 0.2) is 6.29 Å². The normalized spacial score (nSPS) is 21.9. The summed E-state index contributed by atoms with van der Waals surface area (Å²) < 4.78 is 5.48. The predicted molar refractivity (Wildman–Crippen MR) is 158 cm³/mol. The highest BCUT2D eigenvalue weighted by molar-refractivity contribution is 5.90. The highest BCUT2D eigenvalue weighted by Gasteiger charge is 2.30. The fourth-order valence-electron chi connectivity index (χ4n) is 5.79. The first-order valence-electron chi connectivity index (χ1n) is 15.3. The van der Waals surface area contributed by atoms with E-state index in [4.69, 9.17) is 9.57 Å². The van der Waals surface area contributed by atoms with Gasteiger partial charge in [-0.05, 0) is 99.4 Å². The van der Waals surface area contributed by atoms with Gasteiger partial charge in [-0.2, -0.15) is 0 Å². The minimum Gasteiger partial charge on any atom is -0.480 e. The van der Waals surface area contributed by atoms with Crippen molar-refractivity contribution >= 4 is 18.0 Å². The molecule has 2 fully saturated rings. The first-order valence-corrected chi connectivity index (χ1v) is 15.3. The van der Waals surface area contributed by atoms with Gasteiger partial charge in [0.1, 0.15) is 6.04 Å². The summed E-state index contributed by atoms with van der Waals surface area (Å²) in [4.78, 5) is 29.1. The lowest BCUT2D eigenvalue weighted by Crippen LogP contribution is -2.45. The van der Waals surface area contributed by atoms with Crippen molar-refractivity contribution in [1.82, 2.24) is 16.1 Å². The predicted octanol–water partition coefficient (Wildman–Crippen LogP) is 5.29. The van der Waals surface area contributed by atoms with Gasteiger partial charge in [0, 0.05) is 12.6 Å². The van der Waals surface area contributed by atoms with Crippen molar-refractivity contribution in [2.24, 2.45) is 23.7 Å². The maximum absolute atomic E-state index is 12.1. The summed E-state index contributed by atoms with van der Waals surface area (Å²) in [7, 11) is 0. The van der Waals surface area contributed by atoms with Gasteiger partial charge >= 0.3 is 5.97 Å². The van der Waals surface area contributed by atoms with Crippen LogP contribution in [0.4, 0.5) is 0 Å². The van der Waals surface area contributed by atoms with Crippen molar-refractivity contribution in [3.8, 4) is 0 Å². The molecule has 224 valence electrons. The van der Waals surface area contributed by atoms with Crippen LogP contribution in [0.1, 0.15) is 89.7 Å². The van der Waals surface area contributed by atoms with Crippen LogP contribution < -0.4 is 16.1 Å². The number of carbonyl (C=O) groups excluding carboxylic acids is 1. The maximum Gasteiger partial charge on any atom is 0.320 e. The van der Waals surface area contributed by atoms with Crippen LogP contribution >= 0.6 is 0 Å². The number of amides is 1. The van der Waals surface area contributed by atoms with Gasteiger partial charge in [0.25, 0.3) is 5.91 Å². The molecule has 0 saturated heterocycles. The highest BCUT2D eigenvalue weighted by Crippen LogP contribution is 2.30. The number of ether oxygens (including phenoxy) is 1. The Kier molecular flexibility index (Phi) is 14.1. The Hall–Kier alpha value is -2.26. The molecule has 0 aromatic heterocycles. The smallest absolute Gasteiger partial charge is 0.320 e. The van der Waals surface area contributed by atoms with E-state index in [1.165, 1.54) is 30.9 Å². The third-order valence-corrected chi connectivity index (χ3v) is 8.11. The van der Waals surface area contributed by atoms with Crippen molar-refractivity contribution in [3.63, 3.8) is 0 Å². The van der Waals surface area contributed by atoms with Crippen LogP contribution in [-0.4, -0.2) is 49.0 Å². The summed E-state index contributed by atoms with van der Waals surface area (Å²) in [5.41, 5.74) is 4.54. The molecule has 1 unspecified atom stereocenters. The summed E-state index contributed by atoms with van der Waals surface area (Å²) in [6.07, 6.45) is 13.1. The molecule has 0 heterocycles. The van der Waals surface area contributed by atoms with E-state index in [-0.39, 0.29) is 17.9 Å². The topological polar surface area (TPSA) is 109 Å². The summed E-state index contributed by atoms with van der Waals surface area (Å²) in [6, 6.07) is 7.77. The first kappa shape index (κ1) is 32.3. The van der Waals surface area contributed by atoms with E-state index >= 15 is 0 Å². The standard InChI is InChI=1S/C32H51N3O5/c1-23(2)22-39-24(3)40-35-30(36)17-16-25-8-7-9-28(18-25)20-33-19-26-12-14-27(15-13-26)21-34-31(32(37)38)29-10-5-4-6-11-29/h7-9,16-18,23-24,26-27,29,31,33-34H,4-6,10-15,19-22H2,1-3H3,(H,35,36)(H,37,38)/t24?,26?,27?,31-/m0/s1. The molecule has 8 heteroatoms. The van der Waals surface area contributed by atoms with Crippen LogP contribution in [-0.2, 0) is 25.7 Å². The molecule has 2 atom stereocenters. The Morgan fingerprint density at radius 2 is 1.70 bits per heavy atom. The molecule has 8 nitrogen and oxygen atoms in total. The number of rotatable bonds is 16. The Morgan fingerprint density at radius 1 is 1.00 bits per heavy atom. The second-order valence-electron chi connectivity index (χ2n) is 12.1. The van der Waals surface area contributed by atoms with E-state index in [2.05, 4.69) is 42.1 Å². The molecule has 4 N–H and O–H groups in total. The van der Waals surface area contributed by atoms with Crippen LogP contribution in [0.15, 0.2) is 30.3 Å². The van der Waals surface area contributed by atoms with Gasteiger partial charge in [0.2, 0.25) is 0 Å². The number of carboxylic acid groups (broad SMARTS) is 1. The summed E-state index contributed by atoms with van der Waals surface area (Å²) in [5, 5.41) is 16.8. The van der Waals surface area contributed by atoms with Crippen molar-refractivity contribution in [1.29, 1.82) is 0 Å². The minimum atomic E-state index is -0.682. The van der Waals surface area contributed by atoms with Crippen LogP contribution in [0.2, 0.25) is 0 Å². The lowest BCUT2D eigenvalue weighted by molar-refractivity contribution is -0.180. The average Bonchev–Trinajstić information content (AvgIpc) is 2.95. The van der Waals surface area contributed by atoms with Crippen molar-refractivity contribution in [3.05, 3.63) is 41.5 Å². The molecule has 2 aliphatic rings. The van der Waals surface area contributed by atoms with Crippen molar-refractivity contribution < 1.29 is 24.3 Å². The number of carboxylic acids is 1. The lowest BCUT2D eigenvalue weighted by atomic mass is 9.81. The van der Waals surface area contributed by atoms with Gasteiger partial charge in [-0.3, -0.25) is 9.59 Å². The van der Waals surface area contributed by atoms with E-state index in [1.54, 1.807) is 13.0 Å². The van der Waals surface area contributed by atoms with Crippen LogP contribution in [0.25, 0.3) is 6.08 Å². The molecule has 0 aliphatic heterocycles. The third kappa shape index (κ3) is 12.1. The molecule has 40 heavy (non-hydrogen) atoms. The SMILES string of the molecule is CC(C)COC(C)ONC(=O)C=Cc1cccc(CNCC2CCC(CN[C@H](C(=O)O)C3CCCCC3)CC2)c1. The Bertz CT molecular complexity index is 923. The zero-order valence-corrected chi connectivity index (χ0v) is 24.7. The summed E-state index contributed by atoms with van der Waals surface area (Å²) >= 11 is 0. The van der Waals surface area contributed by atoms with E-state index in [0.29, 0.717) is 24.4 Å².